The van der Waals surface area contributed by atoms with Crippen molar-refractivity contribution in [3.63, 3.8) is 0 Å². The van der Waals surface area contributed by atoms with E-state index in [-0.39, 0.29) is 12.0 Å². The molecule has 2 aromatic carbocycles. The summed E-state index contributed by atoms with van der Waals surface area (Å²) >= 11 is 0. The highest BCUT2D eigenvalue weighted by Crippen LogP contribution is 2.22. The van der Waals surface area contributed by atoms with Crippen LogP contribution in [-0.4, -0.2) is 35.5 Å². The number of rotatable bonds is 6. The first kappa shape index (κ1) is 19.3. The molecule has 1 aliphatic heterocycles. The van der Waals surface area contributed by atoms with Crippen LogP contribution in [0.1, 0.15) is 35.0 Å². The van der Waals surface area contributed by atoms with Crippen molar-refractivity contribution in [1.29, 1.82) is 0 Å². The van der Waals surface area contributed by atoms with E-state index in [2.05, 4.69) is 24.3 Å². The second-order valence-corrected chi connectivity index (χ2v) is 7.40. The van der Waals surface area contributed by atoms with E-state index in [0.29, 0.717) is 26.1 Å². The van der Waals surface area contributed by atoms with Gasteiger partial charge in [-0.3, -0.25) is 9.78 Å². The highest BCUT2D eigenvalue weighted by atomic mass is 16.5. The van der Waals surface area contributed by atoms with Gasteiger partial charge >= 0.3 is 0 Å². The van der Waals surface area contributed by atoms with Gasteiger partial charge in [0.2, 0.25) is 5.91 Å². The molecular formula is C25H26N2O2. The van der Waals surface area contributed by atoms with Gasteiger partial charge in [0.25, 0.3) is 0 Å². The number of carbonyl (C=O) groups excluding carboxylic acids is 1. The lowest BCUT2D eigenvalue weighted by molar-refractivity contribution is -0.139. The number of nitrogens with zero attached hydrogens (tertiary/aromatic N) is 2. The molecule has 0 N–H and O–H groups in total. The minimum absolute atomic E-state index is 0.167. The minimum atomic E-state index is -0.167. The number of aryl methyl sites for hydroxylation is 1. The Balaban J connectivity index is 1.38. The Labute approximate surface area is 172 Å². The van der Waals surface area contributed by atoms with Crippen molar-refractivity contribution in [1.82, 2.24) is 9.88 Å². The summed E-state index contributed by atoms with van der Waals surface area (Å²) in [5, 5.41) is 0. The summed E-state index contributed by atoms with van der Waals surface area (Å²) in [6.07, 6.45) is 1.92. The maximum Gasteiger partial charge on any atom is 0.223 e. The molecule has 1 aromatic heterocycles. The largest absolute Gasteiger partial charge is 0.368 e. The maximum absolute atomic E-state index is 12.7. The standard InChI is InChI=1S/C25H26N2O2/c28-25(15-14-20-8-3-1-4-9-20)27-16-17-29-24(19-27)23-13-7-12-22(26-23)18-21-10-5-2-6-11-21/h1-13,24H,14-19H2. The number of morpholine rings is 1. The van der Waals surface area contributed by atoms with E-state index in [9.17, 15) is 4.79 Å². The Morgan fingerprint density at radius 3 is 2.41 bits per heavy atom. The van der Waals surface area contributed by atoms with E-state index in [1.165, 1.54) is 11.1 Å². The van der Waals surface area contributed by atoms with Crippen LogP contribution in [0.15, 0.2) is 78.9 Å². The Bertz CT molecular complexity index is 928. The van der Waals surface area contributed by atoms with Gasteiger partial charge in [0, 0.05) is 25.1 Å². The van der Waals surface area contributed by atoms with Crippen LogP contribution in [0.2, 0.25) is 0 Å². The summed E-state index contributed by atoms with van der Waals surface area (Å²) in [6, 6.07) is 26.6. The number of benzene rings is 2. The van der Waals surface area contributed by atoms with E-state index in [0.717, 1.165) is 24.2 Å². The van der Waals surface area contributed by atoms with Crippen LogP contribution in [0.25, 0.3) is 0 Å². The number of hydrogen-bond acceptors (Lipinski definition) is 3. The molecule has 1 fully saturated rings. The average molecular weight is 386 g/mol. The second kappa shape index (κ2) is 9.48. The van der Waals surface area contributed by atoms with Gasteiger partial charge in [0.1, 0.15) is 6.10 Å². The molecule has 2 heterocycles. The third-order valence-corrected chi connectivity index (χ3v) is 5.28. The summed E-state index contributed by atoms with van der Waals surface area (Å²) in [7, 11) is 0. The first-order chi connectivity index (χ1) is 14.3. The van der Waals surface area contributed by atoms with Crippen LogP contribution in [-0.2, 0) is 22.4 Å². The SMILES string of the molecule is O=C(CCc1ccccc1)N1CCOC(c2cccc(Cc3ccccc3)n2)C1. The number of pyridine rings is 1. The molecule has 0 aliphatic carbocycles. The molecular weight excluding hydrogens is 360 g/mol. The van der Waals surface area contributed by atoms with Crippen molar-refractivity contribution in [3.05, 3.63) is 101 Å². The second-order valence-electron chi connectivity index (χ2n) is 7.40. The van der Waals surface area contributed by atoms with Crippen LogP contribution in [0.4, 0.5) is 0 Å². The molecule has 4 nitrogen and oxygen atoms in total. The summed E-state index contributed by atoms with van der Waals surface area (Å²) in [4.78, 5) is 19.4. The monoisotopic (exact) mass is 386 g/mol. The molecule has 4 heteroatoms. The highest BCUT2D eigenvalue weighted by Gasteiger charge is 2.26. The van der Waals surface area contributed by atoms with Gasteiger partial charge in [0.15, 0.2) is 0 Å². The molecule has 1 aliphatic rings. The van der Waals surface area contributed by atoms with Crippen LogP contribution < -0.4 is 0 Å². The number of carbonyl (C=O) groups is 1. The topological polar surface area (TPSA) is 42.4 Å². The molecule has 0 radical (unpaired) electrons. The molecule has 3 aromatic rings. The normalized spacial score (nSPS) is 16.6. The molecule has 29 heavy (non-hydrogen) atoms. The lowest BCUT2D eigenvalue weighted by Gasteiger charge is -2.33. The fraction of sp³-hybridized carbons (Fsp3) is 0.280. The molecule has 1 atom stereocenters. The van der Waals surface area contributed by atoms with E-state index in [1.807, 2.05) is 59.5 Å². The van der Waals surface area contributed by atoms with E-state index in [4.69, 9.17) is 9.72 Å². The Kier molecular flexibility index (Phi) is 6.32. The zero-order chi connectivity index (χ0) is 19.9. The molecule has 4 rings (SSSR count). The zero-order valence-corrected chi connectivity index (χ0v) is 16.5. The van der Waals surface area contributed by atoms with Gasteiger partial charge in [-0.15, -0.1) is 0 Å². The minimum Gasteiger partial charge on any atom is -0.368 e. The number of amides is 1. The van der Waals surface area contributed by atoms with Gasteiger partial charge < -0.3 is 9.64 Å². The lowest BCUT2D eigenvalue weighted by atomic mass is 10.1. The summed E-state index contributed by atoms with van der Waals surface area (Å²) in [6.45, 7) is 1.76. The lowest BCUT2D eigenvalue weighted by Crippen LogP contribution is -2.42. The molecule has 0 spiro atoms. The molecule has 0 saturated carbocycles. The van der Waals surface area contributed by atoms with Crippen LogP contribution in [0.5, 0.6) is 0 Å². The van der Waals surface area contributed by atoms with Crippen molar-refractivity contribution in [2.75, 3.05) is 19.7 Å². The Morgan fingerprint density at radius 2 is 1.66 bits per heavy atom. The van der Waals surface area contributed by atoms with Crippen molar-refractivity contribution in [2.45, 2.75) is 25.4 Å². The van der Waals surface area contributed by atoms with Gasteiger partial charge in [-0.05, 0) is 29.7 Å². The van der Waals surface area contributed by atoms with E-state index in [1.54, 1.807) is 0 Å². The molecule has 1 saturated heterocycles. The van der Waals surface area contributed by atoms with E-state index < -0.39 is 0 Å². The number of hydrogen-bond donors (Lipinski definition) is 0. The third-order valence-electron chi connectivity index (χ3n) is 5.28. The molecule has 1 amide bonds. The highest BCUT2D eigenvalue weighted by molar-refractivity contribution is 5.76. The smallest absolute Gasteiger partial charge is 0.223 e. The number of ether oxygens (including phenoxy) is 1. The third kappa shape index (κ3) is 5.30. The van der Waals surface area contributed by atoms with Gasteiger partial charge in [-0.1, -0.05) is 66.7 Å². The van der Waals surface area contributed by atoms with Crippen molar-refractivity contribution < 1.29 is 9.53 Å². The zero-order valence-electron chi connectivity index (χ0n) is 16.5. The van der Waals surface area contributed by atoms with Crippen LogP contribution in [0, 0.1) is 0 Å². The first-order valence-electron chi connectivity index (χ1n) is 10.2. The maximum atomic E-state index is 12.7. The average Bonchev–Trinajstić information content (AvgIpc) is 2.79. The fourth-order valence-electron chi connectivity index (χ4n) is 3.69. The summed E-state index contributed by atoms with van der Waals surface area (Å²) in [5.41, 5.74) is 4.35. The van der Waals surface area contributed by atoms with Crippen molar-refractivity contribution >= 4 is 5.91 Å². The van der Waals surface area contributed by atoms with Crippen LogP contribution >= 0.6 is 0 Å². The molecule has 1 unspecified atom stereocenters. The summed E-state index contributed by atoms with van der Waals surface area (Å²) in [5.74, 6) is 0.183. The van der Waals surface area contributed by atoms with Gasteiger partial charge in [-0.2, -0.15) is 0 Å². The fourth-order valence-corrected chi connectivity index (χ4v) is 3.69. The quantitative estimate of drug-likeness (QED) is 0.637. The van der Waals surface area contributed by atoms with Crippen LogP contribution in [0.3, 0.4) is 0 Å². The Morgan fingerprint density at radius 1 is 0.931 bits per heavy atom. The first-order valence-corrected chi connectivity index (χ1v) is 10.2. The Hall–Kier alpha value is -2.98. The van der Waals surface area contributed by atoms with Crippen molar-refractivity contribution in [2.24, 2.45) is 0 Å². The summed E-state index contributed by atoms with van der Waals surface area (Å²) < 4.78 is 5.96. The predicted octanol–water partition coefficient (Wildman–Crippen LogP) is 4.21. The van der Waals surface area contributed by atoms with Gasteiger partial charge in [0.05, 0.1) is 18.8 Å². The number of aromatic nitrogens is 1. The van der Waals surface area contributed by atoms with Gasteiger partial charge in [-0.25, -0.2) is 0 Å². The predicted molar refractivity (Wildman–Crippen MR) is 114 cm³/mol. The van der Waals surface area contributed by atoms with Crippen molar-refractivity contribution in [3.8, 4) is 0 Å². The molecule has 0 bridgehead atoms. The molecule has 148 valence electrons. The van der Waals surface area contributed by atoms with E-state index >= 15 is 0 Å².